The Bertz CT molecular complexity index is 525. The van der Waals surface area contributed by atoms with E-state index in [4.69, 9.17) is 5.11 Å². The zero-order valence-electron chi connectivity index (χ0n) is 11.5. The van der Waals surface area contributed by atoms with Gasteiger partial charge in [0.15, 0.2) is 0 Å². The van der Waals surface area contributed by atoms with E-state index in [2.05, 4.69) is 15.6 Å². The van der Waals surface area contributed by atoms with Crippen LogP contribution >= 0.6 is 11.3 Å². The molecule has 0 fully saturated rings. The van der Waals surface area contributed by atoms with Gasteiger partial charge in [0.25, 0.3) is 0 Å². The first-order valence-electron chi connectivity index (χ1n) is 5.93. The van der Waals surface area contributed by atoms with Crippen LogP contribution in [-0.2, 0) is 16.1 Å². The zero-order valence-corrected chi connectivity index (χ0v) is 12.3. The quantitative estimate of drug-likeness (QED) is 0.759. The molecule has 0 saturated carbocycles. The standard InChI is InChI=1S/C12H17N3O4S/c1-7-5-13-9(20-7)6-14-11(19)15-8(16)4-12(2,3)10(17)18/h5H,4,6H2,1-3H3,(H,17,18)(H2,14,15,16,19). The number of carbonyl (C=O) groups excluding carboxylic acids is 2. The van der Waals surface area contributed by atoms with Crippen LogP contribution in [0.1, 0.15) is 30.2 Å². The molecule has 0 saturated heterocycles. The molecule has 3 N–H and O–H groups in total. The molecule has 0 unspecified atom stereocenters. The second-order valence-corrected chi connectivity index (χ2v) is 6.28. The fourth-order valence-corrected chi connectivity index (χ4v) is 2.06. The molecular formula is C12H17N3O4S. The van der Waals surface area contributed by atoms with Gasteiger partial charge in [-0.2, -0.15) is 0 Å². The summed E-state index contributed by atoms with van der Waals surface area (Å²) in [5.74, 6) is -1.73. The minimum Gasteiger partial charge on any atom is -0.481 e. The molecule has 1 aromatic rings. The van der Waals surface area contributed by atoms with Crippen LogP contribution in [0.15, 0.2) is 6.20 Å². The molecule has 0 radical (unpaired) electrons. The lowest BCUT2D eigenvalue weighted by atomic mass is 9.89. The van der Waals surface area contributed by atoms with Crippen molar-refractivity contribution in [2.45, 2.75) is 33.7 Å². The summed E-state index contributed by atoms with van der Waals surface area (Å²) in [7, 11) is 0. The van der Waals surface area contributed by atoms with E-state index in [-0.39, 0.29) is 13.0 Å². The molecule has 1 rings (SSSR count). The van der Waals surface area contributed by atoms with Crippen LogP contribution in [0, 0.1) is 12.3 Å². The number of nitrogens with one attached hydrogen (secondary N) is 2. The van der Waals surface area contributed by atoms with Crippen LogP contribution in [-0.4, -0.2) is 28.0 Å². The molecule has 0 atom stereocenters. The lowest BCUT2D eigenvalue weighted by Crippen LogP contribution is -2.41. The molecular weight excluding hydrogens is 282 g/mol. The third-order valence-electron chi connectivity index (χ3n) is 2.50. The molecule has 0 aromatic carbocycles. The van der Waals surface area contributed by atoms with Gasteiger partial charge in [-0.3, -0.25) is 14.9 Å². The maximum atomic E-state index is 11.5. The Morgan fingerprint density at radius 1 is 1.40 bits per heavy atom. The largest absolute Gasteiger partial charge is 0.481 e. The summed E-state index contributed by atoms with van der Waals surface area (Å²) in [6, 6.07) is -0.663. The van der Waals surface area contributed by atoms with Crippen molar-refractivity contribution in [3.63, 3.8) is 0 Å². The smallest absolute Gasteiger partial charge is 0.321 e. The summed E-state index contributed by atoms with van der Waals surface area (Å²) in [5, 5.41) is 14.2. The monoisotopic (exact) mass is 299 g/mol. The van der Waals surface area contributed by atoms with E-state index in [1.54, 1.807) is 6.20 Å². The number of urea groups is 1. The van der Waals surface area contributed by atoms with Crippen molar-refractivity contribution in [3.05, 3.63) is 16.1 Å². The van der Waals surface area contributed by atoms with E-state index in [0.717, 1.165) is 9.88 Å². The first-order valence-corrected chi connectivity index (χ1v) is 6.75. The number of nitrogens with zero attached hydrogens (tertiary/aromatic N) is 1. The van der Waals surface area contributed by atoms with Gasteiger partial charge in [0.2, 0.25) is 5.91 Å². The normalized spacial score (nSPS) is 10.9. The van der Waals surface area contributed by atoms with Gasteiger partial charge in [0.05, 0.1) is 12.0 Å². The predicted octanol–water partition coefficient (Wildman–Crippen LogP) is 1.28. The molecule has 8 heteroatoms. The summed E-state index contributed by atoms with van der Waals surface area (Å²) in [6.45, 7) is 4.97. The first-order chi connectivity index (χ1) is 9.20. The summed E-state index contributed by atoms with van der Waals surface area (Å²) in [5.41, 5.74) is -1.21. The van der Waals surface area contributed by atoms with Gasteiger partial charge in [-0.15, -0.1) is 11.3 Å². The van der Waals surface area contributed by atoms with Gasteiger partial charge >= 0.3 is 12.0 Å². The average molecular weight is 299 g/mol. The molecule has 0 aliphatic rings. The number of carboxylic acid groups (broad SMARTS) is 1. The second-order valence-electron chi connectivity index (χ2n) is 4.96. The summed E-state index contributed by atoms with van der Waals surface area (Å²) in [4.78, 5) is 39.0. The first kappa shape index (κ1) is 16.1. The van der Waals surface area contributed by atoms with Gasteiger partial charge in [0, 0.05) is 17.5 Å². The van der Waals surface area contributed by atoms with Crippen molar-refractivity contribution in [2.75, 3.05) is 0 Å². The Morgan fingerprint density at radius 2 is 2.05 bits per heavy atom. The number of aryl methyl sites for hydroxylation is 1. The van der Waals surface area contributed by atoms with Gasteiger partial charge < -0.3 is 10.4 Å². The van der Waals surface area contributed by atoms with E-state index >= 15 is 0 Å². The van der Waals surface area contributed by atoms with Crippen molar-refractivity contribution < 1.29 is 19.5 Å². The number of aromatic nitrogens is 1. The van der Waals surface area contributed by atoms with E-state index < -0.39 is 23.3 Å². The molecule has 1 heterocycles. The highest BCUT2D eigenvalue weighted by Crippen LogP contribution is 2.19. The fourth-order valence-electron chi connectivity index (χ4n) is 1.33. The van der Waals surface area contributed by atoms with Crippen molar-refractivity contribution in [2.24, 2.45) is 5.41 Å². The van der Waals surface area contributed by atoms with E-state index in [1.807, 2.05) is 6.92 Å². The Kier molecular flexibility index (Phi) is 5.20. The Balaban J connectivity index is 2.39. The van der Waals surface area contributed by atoms with Gasteiger partial charge in [0.1, 0.15) is 5.01 Å². The fraction of sp³-hybridized carbons (Fsp3) is 0.500. The van der Waals surface area contributed by atoms with Crippen LogP contribution in [0.3, 0.4) is 0 Å². The predicted molar refractivity (Wildman–Crippen MR) is 73.3 cm³/mol. The van der Waals surface area contributed by atoms with Crippen molar-refractivity contribution in [3.8, 4) is 0 Å². The molecule has 0 bridgehead atoms. The minimum absolute atomic E-state index is 0.222. The maximum Gasteiger partial charge on any atom is 0.321 e. The van der Waals surface area contributed by atoms with Crippen molar-refractivity contribution >= 4 is 29.2 Å². The Hall–Kier alpha value is -1.96. The molecule has 110 valence electrons. The number of aliphatic carboxylic acids is 1. The number of imide groups is 1. The molecule has 0 aliphatic heterocycles. The van der Waals surface area contributed by atoms with Crippen LogP contribution in [0.25, 0.3) is 0 Å². The SMILES string of the molecule is Cc1cnc(CNC(=O)NC(=O)CC(C)(C)C(=O)O)s1. The van der Waals surface area contributed by atoms with Gasteiger partial charge in [-0.05, 0) is 20.8 Å². The van der Waals surface area contributed by atoms with Crippen LogP contribution in [0.5, 0.6) is 0 Å². The Morgan fingerprint density at radius 3 is 2.55 bits per heavy atom. The molecule has 0 aliphatic carbocycles. The summed E-state index contributed by atoms with van der Waals surface area (Å²) in [6.07, 6.45) is 1.42. The number of hydrogen-bond donors (Lipinski definition) is 3. The third-order valence-corrected chi connectivity index (χ3v) is 3.42. The minimum atomic E-state index is -1.21. The number of rotatable bonds is 5. The van der Waals surface area contributed by atoms with E-state index in [0.29, 0.717) is 0 Å². The van der Waals surface area contributed by atoms with Gasteiger partial charge in [-0.25, -0.2) is 9.78 Å². The molecule has 1 aromatic heterocycles. The van der Waals surface area contributed by atoms with Crippen molar-refractivity contribution in [1.29, 1.82) is 0 Å². The van der Waals surface area contributed by atoms with E-state index in [1.165, 1.54) is 25.2 Å². The van der Waals surface area contributed by atoms with Gasteiger partial charge in [-0.1, -0.05) is 0 Å². The number of thiazole rings is 1. The second kappa shape index (κ2) is 6.47. The number of carboxylic acids is 1. The van der Waals surface area contributed by atoms with Crippen LogP contribution in [0.4, 0.5) is 4.79 Å². The molecule has 7 nitrogen and oxygen atoms in total. The molecule has 20 heavy (non-hydrogen) atoms. The van der Waals surface area contributed by atoms with Crippen LogP contribution in [0.2, 0.25) is 0 Å². The zero-order chi connectivity index (χ0) is 15.3. The Labute approximate surface area is 120 Å². The highest BCUT2D eigenvalue weighted by atomic mass is 32.1. The molecule has 0 spiro atoms. The topological polar surface area (TPSA) is 108 Å². The lowest BCUT2D eigenvalue weighted by molar-refractivity contribution is -0.149. The summed E-state index contributed by atoms with van der Waals surface area (Å²) >= 11 is 1.45. The summed E-state index contributed by atoms with van der Waals surface area (Å²) < 4.78 is 0. The highest BCUT2D eigenvalue weighted by Gasteiger charge is 2.30. The van der Waals surface area contributed by atoms with Crippen LogP contribution < -0.4 is 10.6 Å². The van der Waals surface area contributed by atoms with E-state index in [9.17, 15) is 14.4 Å². The highest BCUT2D eigenvalue weighted by molar-refractivity contribution is 7.11. The third kappa shape index (κ3) is 4.96. The molecule has 3 amide bonds. The van der Waals surface area contributed by atoms with Crippen molar-refractivity contribution in [1.82, 2.24) is 15.6 Å². The average Bonchev–Trinajstić information content (AvgIpc) is 2.71. The maximum absolute atomic E-state index is 11.5. The lowest BCUT2D eigenvalue weighted by Gasteiger charge is -2.17. The number of hydrogen-bond acceptors (Lipinski definition) is 5. The number of carbonyl (C=O) groups is 3. The number of amides is 3.